The lowest BCUT2D eigenvalue weighted by molar-refractivity contribution is -0.172. The molecule has 0 aromatic carbocycles. The molecular formula is C37H62N4O11. The van der Waals surface area contributed by atoms with Crippen molar-refractivity contribution in [2.45, 2.75) is 115 Å². The Kier molecular flexibility index (Phi) is 18.1. The molecule has 1 aliphatic carbocycles. The van der Waals surface area contributed by atoms with Crippen molar-refractivity contribution in [1.82, 2.24) is 21.3 Å². The molecule has 3 rings (SSSR count). The number of esters is 1. The van der Waals surface area contributed by atoms with Crippen molar-refractivity contribution >= 4 is 30.0 Å². The van der Waals surface area contributed by atoms with Crippen molar-refractivity contribution in [3.63, 3.8) is 0 Å². The highest BCUT2D eigenvalue weighted by atomic mass is 16.6. The Morgan fingerprint density at radius 3 is 2.35 bits per heavy atom. The van der Waals surface area contributed by atoms with E-state index < -0.39 is 11.9 Å². The average molecular weight is 739 g/mol. The molecule has 1 spiro atoms. The summed E-state index contributed by atoms with van der Waals surface area (Å²) in [6.45, 7) is 12.6. The van der Waals surface area contributed by atoms with Gasteiger partial charge in [-0.3, -0.25) is 19.2 Å². The van der Waals surface area contributed by atoms with Crippen LogP contribution >= 0.6 is 0 Å². The molecule has 3 amide bonds. The average Bonchev–Trinajstić information content (AvgIpc) is 4.02. The summed E-state index contributed by atoms with van der Waals surface area (Å²) in [5.41, 5.74) is 0.610. The molecule has 0 bridgehead atoms. The van der Waals surface area contributed by atoms with E-state index in [-0.39, 0.29) is 91.6 Å². The molecule has 0 aromatic rings. The maximum absolute atomic E-state index is 12.8. The monoisotopic (exact) mass is 738 g/mol. The molecule has 3 unspecified atom stereocenters. The Labute approximate surface area is 308 Å². The van der Waals surface area contributed by atoms with Crippen molar-refractivity contribution in [3.05, 3.63) is 11.6 Å². The van der Waals surface area contributed by atoms with Crippen LogP contribution in [0, 0.1) is 11.8 Å². The number of hydrogen-bond donors (Lipinski definition) is 4. The quantitative estimate of drug-likeness (QED) is 0.0328. The Balaban J connectivity index is 1.22. The molecule has 7 atom stereocenters. The van der Waals surface area contributed by atoms with E-state index in [4.69, 9.17) is 28.4 Å². The number of aldehydes is 1. The molecule has 52 heavy (non-hydrogen) atoms. The SMILES string of the molecule is COC1C(OC(=O)CCCOCCOCCNC(=O)CCN[C@@H](CC(C)C)C(=O)NCC(=O)NCC=O)CC[C@]2(CO2)C1[C@@]1(C)O[C@@H]1CC=C(C)C. The highest BCUT2D eigenvalue weighted by molar-refractivity contribution is 5.88. The number of methoxy groups -OCH3 is 1. The van der Waals surface area contributed by atoms with Crippen molar-refractivity contribution < 1.29 is 52.4 Å². The van der Waals surface area contributed by atoms with Gasteiger partial charge in [-0.25, -0.2) is 0 Å². The van der Waals surface area contributed by atoms with Crippen LogP contribution in [0.4, 0.5) is 0 Å². The number of carbonyl (C=O) groups excluding carboxylic acids is 5. The summed E-state index contributed by atoms with van der Waals surface area (Å²) in [5, 5.41) is 10.8. The van der Waals surface area contributed by atoms with Crippen molar-refractivity contribution in [1.29, 1.82) is 0 Å². The summed E-state index contributed by atoms with van der Waals surface area (Å²) in [6, 6.07) is -0.559. The van der Waals surface area contributed by atoms with Gasteiger partial charge in [-0.2, -0.15) is 0 Å². The minimum Gasteiger partial charge on any atom is -0.460 e. The third-order valence-electron chi connectivity index (χ3n) is 9.70. The van der Waals surface area contributed by atoms with Crippen LogP contribution in [0.5, 0.6) is 0 Å². The Morgan fingerprint density at radius 1 is 0.962 bits per heavy atom. The molecule has 0 radical (unpaired) electrons. The minimum atomic E-state index is -0.559. The molecule has 2 aliphatic heterocycles. The van der Waals surface area contributed by atoms with Gasteiger partial charge in [0.05, 0.1) is 57.6 Å². The van der Waals surface area contributed by atoms with Crippen LogP contribution in [0.3, 0.4) is 0 Å². The van der Waals surface area contributed by atoms with Crippen LogP contribution in [-0.2, 0) is 52.4 Å². The number of nitrogens with one attached hydrogen (secondary N) is 4. The predicted octanol–water partition coefficient (Wildman–Crippen LogP) is 1.36. The number of epoxide rings is 2. The maximum Gasteiger partial charge on any atom is 0.306 e. The van der Waals surface area contributed by atoms with E-state index in [2.05, 4.69) is 48.1 Å². The fourth-order valence-electron chi connectivity index (χ4n) is 6.91. The van der Waals surface area contributed by atoms with Crippen LogP contribution in [-0.4, -0.2) is 132 Å². The number of ether oxygens (including phenoxy) is 6. The van der Waals surface area contributed by atoms with Gasteiger partial charge in [0.25, 0.3) is 0 Å². The second-order valence-electron chi connectivity index (χ2n) is 14.7. The largest absolute Gasteiger partial charge is 0.460 e. The number of rotatable bonds is 26. The first-order valence-corrected chi connectivity index (χ1v) is 18.7. The van der Waals surface area contributed by atoms with Gasteiger partial charge in [0, 0.05) is 39.6 Å². The van der Waals surface area contributed by atoms with Crippen molar-refractivity contribution in [2.75, 3.05) is 66.3 Å². The zero-order chi connectivity index (χ0) is 38.1. The number of amides is 3. The van der Waals surface area contributed by atoms with Gasteiger partial charge >= 0.3 is 5.97 Å². The van der Waals surface area contributed by atoms with Gasteiger partial charge in [0.15, 0.2) is 0 Å². The summed E-state index contributed by atoms with van der Waals surface area (Å²) in [6.07, 6.45) is 5.98. The van der Waals surface area contributed by atoms with Crippen LogP contribution in [0.15, 0.2) is 11.6 Å². The van der Waals surface area contributed by atoms with Gasteiger partial charge in [0.2, 0.25) is 17.7 Å². The van der Waals surface area contributed by atoms with Gasteiger partial charge < -0.3 is 54.5 Å². The molecule has 15 heteroatoms. The normalized spacial score (nSPS) is 26.7. The maximum atomic E-state index is 12.8. The second kappa shape index (κ2) is 21.7. The standard InChI is InChI=1S/C37H62N4O11/c1-25(2)9-10-29-36(5,52-29)34-33(47-6)28(11-13-37(34)24-50-37)51-32(45)8-7-18-48-20-21-49-19-16-40-30(43)12-14-38-27(22-26(3)4)35(46)41-23-31(44)39-15-17-42/h9,17,26-29,33-34,38H,7-8,10-16,18-24H2,1-6H3,(H,39,44)(H,40,43)(H,41,46)/t27-,28?,29+,33?,34?,36-,37-/m0/s1. The van der Waals surface area contributed by atoms with E-state index in [1.165, 1.54) is 5.57 Å². The van der Waals surface area contributed by atoms with Crippen LogP contribution < -0.4 is 21.3 Å². The van der Waals surface area contributed by atoms with E-state index in [0.29, 0.717) is 65.1 Å². The smallest absolute Gasteiger partial charge is 0.306 e. The molecule has 3 fully saturated rings. The van der Waals surface area contributed by atoms with Gasteiger partial charge in [-0.15, -0.1) is 0 Å². The molecule has 4 N–H and O–H groups in total. The number of hydrogen-bond acceptors (Lipinski definition) is 12. The summed E-state index contributed by atoms with van der Waals surface area (Å²) in [4.78, 5) is 59.5. The first-order valence-electron chi connectivity index (χ1n) is 18.7. The lowest BCUT2D eigenvalue weighted by Gasteiger charge is -2.42. The van der Waals surface area contributed by atoms with Gasteiger partial charge in [-0.1, -0.05) is 25.5 Å². The molecular weight excluding hydrogens is 676 g/mol. The number of carbonyl (C=O) groups is 5. The van der Waals surface area contributed by atoms with E-state index in [1.54, 1.807) is 7.11 Å². The van der Waals surface area contributed by atoms with Crippen LogP contribution in [0.2, 0.25) is 0 Å². The second-order valence-corrected chi connectivity index (χ2v) is 14.7. The molecule has 3 aliphatic rings. The van der Waals surface area contributed by atoms with Crippen molar-refractivity contribution in [3.8, 4) is 0 Å². The zero-order valence-corrected chi connectivity index (χ0v) is 31.9. The molecule has 2 heterocycles. The fourth-order valence-corrected chi connectivity index (χ4v) is 6.91. The Hall–Kier alpha value is -2.95. The van der Waals surface area contributed by atoms with Gasteiger partial charge in [0.1, 0.15) is 29.7 Å². The minimum absolute atomic E-state index is 0.0158. The van der Waals surface area contributed by atoms with Gasteiger partial charge in [-0.05, 0) is 58.8 Å². The third-order valence-corrected chi connectivity index (χ3v) is 9.70. The first kappa shape index (κ1) is 43.5. The fraction of sp³-hybridized carbons (Fsp3) is 0.811. The Bertz CT molecular complexity index is 1210. The van der Waals surface area contributed by atoms with E-state index in [1.807, 2.05) is 13.8 Å². The highest BCUT2D eigenvalue weighted by Gasteiger charge is 2.72. The third kappa shape index (κ3) is 14.1. The molecule has 2 saturated heterocycles. The molecule has 15 nitrogen and oxygen atoms in total. The molecule has 1 saturated carbocycles. The predicted molar refractivity (Wildman–Crippen MR) is 191 cm³/mol. The first-order chi connectivity index (χ1) is 24.8. The Morgan fingerprint density at radius 2 is 1.69 bits per heavy atom. The summed E-state index contributed by atoms with van der Waals surface area (Å²) >= 11 is 0. The summed E-state index contributed by atoms with van der Waals surface area (Å²) in [5.74, 6) is -1.06. The summed E-state index contributed by atoms with van der Waals surface area (Å²) in [7, 11) is 1.67. The molecule has 296 valence electrons. The number of allylic oxidation sites excluding steroid dienone is 1. The topological polar surface area (TPSA) is 195 Å². The lowest BCUT2D eigenvalue weighted by Crippen LogP contribution is -2.55. The summed E-state index contributed by atoms with van der Waals surface area (Å²) < 4.78 is 35.3. The van der Waals surface area contributed by atoms with E-state index >= 15 is 0 Å². The van der Waals surface area contributed by atoms with Crippen LogP contribution in [0.1, 0.15) is 79.6 Å². The molecule has 0 aromatic heterocycles. The van der Waals surface area contributed by atoms with E-state index in [9.17, 15) is 24.0 Å². The zero-order valence-electron chi connectivity index (χ0n) is 31.9. The van der Waals surface area contributed by atoms with Crippen molar-refractivity contribution in [2.24, 2.45) is 11.8 Å². The van der Waals surface area contributed by atoms with E-state index in [0.717, 1.165) is 12.8 Å². The lowest BCUT2D eigenvalue weighted by atomic mass is 9.68. The highest BCUT2D eigenvalue weighted by Crippen LogP contribution is 2.59. The van der Waals surface area contributed by atoms with Crippen LogP contribution in [0.25, 0.3) is 0 Å².